The van der Waals surface area contributed by atoms with Gasteiger partial charge in [-0.25, -0.2) is 15.0 Å². The van der Waals surface area contributed by atoms with E-state index >= 15 is 0 Å². The average Bonchev–Trinajstić information content (AvgIpc) is 3.05. The Balaban J connectivity index is 1.80. The SMILES string of the molecule is COC(=O)C[C@H]1CC[C@@H](n2cnc3c(Cl)ncnc32)C1. The van der Waals surface area contributed by atoms with Gasteiger partial charge in [-0.05, 0) is 25.2 Å². The van der Waals surface area contributed by atoms with Crippen LogP contribution in [0.5, 0.6) is 0 Å². The van der Waals surface area contributed by atoms with Crippen LogP contribution in [0.2, 0.25) is 5.15 Å². The van der Waals surface area contributed by atoms with E-state index in [1.165, 1.54) is 13.4 Å². The molecule has 0 aromatic carbocycles. The van der Waals surface area contributed by atoms with Crippen LogP contribution < -0.4 is 0 Å². The summed E-state index contributed by atoms with van der Waals surface area (Å²) in [4.78, 5) is 23.8. The van der Waals surface area contributed by atoms with Crippen LogP contribution in [0.15, 0.2) is 12.7 Å². The number of carbonyl (C=O) groups is 1. The highest BCUT2D eigenvalue weighted by Crippen LogP contribution is 2.38. The van der Waals surface area contributed by atoms with Crippen LogP contribution in [0.25, 0.3) is 11.2 Å². The highest BCUT2D eigenvalue weighted by Gasteiger charge is 2.29. The highest BCUT2D eigenvalue weighted by atomic mass is 35.5. The molecule has 0 aliphatic heterocycles. The van der Waals surface area contributed by atoms with Crippen molar-refractivity contribution >= 4 is 28.7 Å². The number of nitrogens with zero attached hydrogens (tertiary/aromatic N) is 4. The maximum absolute atomic E-state index is 11.3. The maximum atomic E-state index is 11.3. The van der Waals surface area contributed by atoms with E-state index < -0.39 is 0 Å². The molecule has 2 heterocycles. The largest absolute Gasteiger partial charge is 0.469 e. The molecule has 1 aliphatic rings. The standard InChI is InChI=1S/C13H15ClN4O2/c1-20-10(19)5-8-2-3-9(4-8)18-7-17-11-12(14)15-6-16-13(11)18/h6-9H,2-5H2,1H3/t8-,9+/m0/s1. The maximum Gasteiger partial charge on any atom is 0.305 e. The summed E-state index contributed by atoms with van der Waals surface area (Å²) in [6.45, 7) is 0. The second-order valence-electron chi connectivity index (χ2n) is 5.10. The molecule has 7 heteroatoms. The molecule has 1 fully saturated rings. The molecule has 0 spiro atoms. The van der Waals surface area contributed by atoms with E-state index in [9.17, 15) is 4.79 Å². The topological polar surface area (TPSA) is 69.9 Å². The van der Waals surface area contributed by atoms with Crippen LogP contribution in [0.3, 0.4) is 0 Å². The predicted octanol–water partition coefficient (Wildman–Crippen LogP) is 2.38. The van der Waals surface area contributed by atoms with E-state index in [2.05, 4.69) is 15.0 Å². The summed E-state index contributed by atoms with van der Waals surface area (Å²) in [6.07, 6.45) is 6.64. The smallest absolute Gasteiger partial charge is 0.305 e. The molecule has 0 radical (unpaired) electrons. The molecule has 3 rings (SSSR count). The van der Waals surface area contributed by atoms with E-state index in [-0.39, 0.29) is 5.97 Å². The lowest BCUT2D eigenvalue weighted by molar-refractivity contribution is -0.141. The molecule has 1 saturated carbocycles. The van der Waals surface area contributed by atoms with Crippen molar-refractivity contribution in [3.8, 4) is 0 Å². The van der Waals surface area contributed by atoms with Gasteiger partial charge in [-0.2, -0.15) is 0 Å². The van der Waals surface area contributed by atoms with Crippen LogP contribution in [0.4, 0.5) is 0 Å². The Morgan fingerprint density at radius 2 is 2.30 bits per heavy atom. The van der Waals surface area contributed by atoms with Gasteiger partial charge >= 0.3 is 5.97 Å². The molecule has 0 N–H and O–H groups in total. The molecule has 0 unspecified atom stereocenters. The molecule has 106 valence electrons. The number of halogens is 1. The molecule has 2 aromatic rings. The summed E-state index contributed by atoms with van der Waals surface area (Å²) in [6, 6.07) is 0.306. The van der Waals surface area contributed by atoms with Gasteiger partial charge < -0.3 is 9.30 Å². The van der Waals surface area contributed by atoms with Crippen molar-refractivity contribution in [3.05, 3.63) is 17.8 Å². The van der Waals surface area contributed by atoms with E-state index in [0.29, 0.717) is 29.1 Å². The van der Waals surface area contributed by atoms with Crippen LogP contribution in [0, 0.1) is 5.92 Å². The first-order valence-electron chi connectivity index (χ1n) is 6.59. The van der Waals surface area contributed by atoms with Gasteiger partial charge in [0.05, 0.1) is 13.4 Å². The number of fused-ring (bicyclic) bond motifs is 1. The number of aromatic nitrogens is 4. The third-order valence-electron chi connectivity index (χ3n) is 3.90. The Labute approximate surface area is 121 Å². The van der Waals surface area contributed by atoms with Crippen molar-refractivity contribution in [1.82, 2.24) is 19.5 Å². The summed E-state index contributed by atoms with van der Waals surface area (Å²) in [7, 11) is 1.43. The summed E-state index contributed by atoms with van der Waals surface area (Å²) >= 11 is 6.01. The lowest BCUT2D eigenvalue weighted by atomic mass is 10.0. The van der Waals surface area contributed by atoms with Gasteiger partial charge in [0.1, 0.15) is 11.8 Å². The van der Waals surface area contributed by atoms with Crippen molar-refractivity contribution in [2.75, 3.05) is 7.11 Å². The molecule has 2 atom stereocenters. The van der Waals surface area contributed by atoms with Crippen LogP contribution in [-0.2, 0) is 9.53 Å². The number of methoxy groups -OCH3 is 1. The minimum absolute atomic E-state index is 0.142. The number of rotatable bonds is 3. The first-order chi connectivity index (χ1) is 9.69. The van der Waals surface area contributed by atoms with Crippen molar-refractivity contribution in [2.24, 2.45) is 5.92 Å². The fourth-order valence-electron chi connectivity index (χ4n) is 2.90. The number of esters is 1. The quantitative estimate of drug-likeness (QED) is 0.642. The Morgan fingerprint density at radius 3 is 3.10 bits per heavy atom. The molecule has 20 heavy (non-hydrogen) atoms. The lowest BCUT2D eigenvalue weighted by Crippen LogP contribution is -2.09. The zero-order valence-corrected chi connectivity index (χ0v) is 11.9. The van der Waals surface area contributed by atoms with Gasteiger partial charge in [0.15, 0.2) is 10.8 Å². The van der Waals surface area contributed by atoms with Gasteiger partial charge in [-0.1, -0.05) is 11.6 Å². The Kier molecular flexibility index (Phi) is 3.56. The van der Waals surface area contributed by atoms with Crippen molar-refractivity contribution < 1.29 is 9.53 Å². The monoisotopic (exact) mass is 294 g/mol. The molecule has 1 aliphatic carbocycles. The van der Waals surface area contributed by atoms with E-state index in [0.717, 1.165) is 24.9 Å². The Hall–Kier alpha value is -1.69. The normalized spacial score (nSPS) is 22.3. The molecule has 2 aromatic heterocycles. The first-order valence-corrected chi connectivity index (χ1v) is 6.96. The zero-order chi connectivity index (χ0) is 14.1. The second kappa shape index (κ2) is 5.36. The molecule has 0 bridgehead atoms. The predicted molar refractivity (Wildman–Crippen MR) is 73.3 cm³/mol. The van der Waals surface area contributed by atoms with Gasteiger partial charge in [0.25, 0.3) is 0 Å². The van der Waals surface area contributed by atoms with Crippen molar-refractivity contribution in [1.29, 1.82) is 0 Å². The van der Waals surface area contributed by atoms with Crippen LogP contribution >= 0.6 is 11.6 Å². The lowest BCUT2D eigenvalue weighted by Gasteiger charge is -2.12. The fraction of sp³-hybridized carbons (Fsp3) is 0.538. The molecule has 0 saturated heterocycles. The number of ether oxygens (including phenoxy) is 1. The zero-order valence-electron chi connectivity index (χ0n) is 11.1. The fourth-order valence-corrected chi connectivity index (χ4v) is 3.07. The molecule has 6 nitrogen and oxygen atoms in total. The van der Waals surface area contributed by atoms with Crippen LogP contribution in [-0.4, -0.2) is 32.6 Å². The van der Waals surface area contributed by atoms with E-state index in [4.69, 9.17) is 16.3 Å². The third-order valence-corrected chi connectivity index (χ3v) is 4.18. The van der Waals surface area contributed by atoms with Gasteiger partial charge in [-0.3, -0.25) is 4.79 Å². The Morgan fingerprint density at radius 1 is 1.45 bits per heavy atom. The van der Waals surface area contributed by atoms with Crippen molar-refractivity contribution in [3.63, 3.8) is 0 Å². The summed E-state index contributed by atoms with van der Waals surface area (Å²) in [5.74, 6) is 0.221. The summed E-state index contributed by atoms with van der Waals surface area (Å²) in [5.41, 5.74) is 1.39. The Bertz CT molecular complexity index is 642. The average molecular weight is 295 g/mol. The summed E-state index contributed by atoms with van der Waals surface area (Å²) in [5, 5.41) is 0.373. The van der Waals surface area contributed by atoms with Crippen LogP contribution in [0.1, 0.15) is 31.7 Å². The first kappa shape index (κ1) is 13.3. The minimum atomic E-state index is -0.142. The van der Waals surface area contributed by atoms with Gasteiger partial charge in [0, 0.05) is 12.5 Å². The van der Waals surface area contributed by atoms with Crippen molar-refractivity contribution in [2.45, 2.75) is 31.7 Å². The van der Waals surface area contributed by atoms with Gasteiger partial charge in [0.2, 0.25) is 0 Å². The highest BCUT2D eigenvalue weighted by molar-refractivity contribution is 6.33. The number of imidazole rings is 1. The van der Waals surface area contributed by atoms with Gasteiger partial charge in [-0.15, -0.1) is 0 Å². The third kappa shape index (κ3) is 2.35. The second-order valence-corrected chi connectivity index (χ2v) is 5.46. The number of carbonyl (C=O) groups excluding carboxylic acids is 1. The molecule has 0 amide bonds. The molecular formula is C13H15ClN4O2. The van der Waals surface area contributed by atoms with E-state index in [1.54, 1.807) is 6.33 Å². The number of hydrogen-bond donors (Lipinski definition) is 0. The summed E-state index contributed by atoms with van der Waals surface area (Å²) < 4.78 is 6.77. The molecular weight excluding hydrogens is 280 g/mol. The van der Waals surface area contributed by atoms with E-state index in [1.807, 2.05) is 4.57 Å². The number of hydrogen-bond acceptors (Lipinski definition) is 5. The minimum Gasteiger partial charge on any atom is -0.469 e.